The molecule has 5 heteroatoms. The van der Waals surface area contributed by atoms with Crippen LogP contribution in [0.4, 0.5) is 0 Å². The molecule has 0 bridgehead atoms. The van der Waals surface area contributed by atoms with Crippen molar-refractivity contribution in [2.75, 3.05) is 25.4 Å². The van der Waals surface area contributed by atoms with Gasteiger partial charge < -0.3 is 9.45 Å². The number of piperidine rings is 1. The first-order valence-electron chi connectivity index (χ1n) is 3.98. The number of hydrogen-bond donors (Lipinski definition) is 0. The Morgan fingerprint density at radius 1 is 1.42 bits per heavy atom. The minimum atomic E-state index is -1.95. The van der Waals surface area contributed by atoms with E-state index in [0.29, 0.717) is 19.4 Å². The van der Waals surface area contributed by atoms with Gasteiger partial charge in [-0.1, -0.05) is 11.1 Å². The van der Waals surface area contributed by atoms with Gasteiger partial charge in [-0.3, -0.25) is 9.00 Å². The zero-order valence-electron chi connectivity index (χ0n) is 6.82. The summed E-state index contributed by atoms with van der Waals surface area (Å²) in [5.41, 5.74) is 0. The lowest BCUT2D eigenvalue weighted by atomic mass is 10.1. The van der Waals surface area contributed by atoms with Gasteiger partial charge in [-0.2, -0.15) is 0 Å². The van der Waals surface area contributed by atoms with Crippen molar-refractivity contribution in [3.8, 4) is 0 Å². The molecule has 1 rings (SSSR count). The Labute approximate surface area is 74.2 Å². The van der Waals surface area contributed by atoms with E-state index in [1.54, 1.807) is 0 Å². The quantitative estimate of drug-likeness (QED) is 0.564. The number of ketones is 1. The van der Waals surface area contributed by atoms with Gasteiger partial charge in [-0.05, 0) is 0 Å². The van der Waals surface area contributed by atoms with Gasteiger partial charge in [0.05, 0.1) is 0 Å². The molecule has 1 saturated heterocycles. The third-order valence-corrected chi connectivity index (χ3v) is 2.50. The third-order valence-electron chi connectivity index (χ3n) is 1.99. The van der Waals surface area contributed by atoms with E-state index in [4.69, 9.17) is 0 Å². The second-order valence-corrected chi connectivity index (χ2v) is 3.90. The SMILES string of the molecule is O=C1CCN(CCS(=O)[O-])CC1. The maximum Gasteiger partial charge on any atom is 0.135 e. The lowest BCUT2D eigenvalue weighted by molar-refractivity contribution is -0.121. The summed E-state index contributed by atoms with van der Waals surface area (Å²) in [6.45, 7) is 2.00. The van der Waals surface area contributed by atoms with Crippen molar-refractivity contribution in [2.24, 2.45) is 0 Å². The molecular weight excluding hydrogens is 178 g/mol. The standard InChI is InChI=1S/C7H13NO3S/c9-7-1-3-8(4-2-7)5-6-12(10)11/h1-6H2,(H,10,11)/p-1. The highest BCUT2D eigenvalue weighted by molar-refractivity contribution is 7.79. The van der Waals surface area contributed by atoms with Crippen LogP contribution in [0.2, 0.25) is 0 Å². The van der Waals surface area contributed by atoms with Crippen molar-refractivity contribution in [2.45, 2.75) is 12.8 Å². The van der Waals surface area contributed by atoms with E-state index in [1.807, 2.05) is 4.90 Å². The van der Waals surface area contributed by atoms with E-state index >= 15 is 0 Å². The van der Waals surface area contributed by atoms with Gasteiger partial charge in [0, 0.05) is 38.2 Å². The van der Waals surface area contributed by atoms with Crippen LogP contribution < -0.4 is 0 Å². The molecule has 0 amide bonds. The predicted molar refractivity (Wildman–Crippen MR) is 44.5 cm³/mol. The Bertz CT molecular complexity index is 185. The molecule has 0 spiro atoms. The molecule has 0 aromatic rings. The van der Waals surface area contributed by atoms with Crippen LogP contribution in [0, 0.1) is 0 Å². The van der Waals surface area contributed by atoms with E-state index in [9.17, 15) is 13.6 Å². The van der Waals surface area contributed by atoms with E-state index in [2.05, 4.69) is 0 Å². The smallest absolute Gasteiger partial charge is 0.135 e. The monoisotopic (exact) mass is 190 g/mol. The van der Waals surface area contributed by atoms with Gasteiger partial charge in [-0.25, -0.2) is 0 Å². The molecule has 1 aliphatic heterocycles. The summed E-state index contributed by atoms with van der Waals surface area (Å²) in [4.78, 5) is 12.8. The van der Waals surface area contributed by atoms with Crippen molar-refractivity contribution in [1.29, 1.82) is 0 Å². The molecule has 4 nitrogen and oxygen atoms in total. The fraction of sp³-hybridized carbons (Fsp3) is 0.857. The molecule has 70 valence electrons. The zero-order chi connectivity index (χ0) is 8.97. The first kappa shape index (κ1) is 9.83. The molecule has 1 atom stereocenters. The largest absolute Gasteiger partial charge is 0.772 e. The summed E-state index contributed by atoms with van der Waals surface area (Å²) in [5.74, 6) is 0.461. The minimum Gasteiger partial charge on any atom is -0.772 e. The van der Waals surface area contributed by atoms with Crippen LogP contribution in [-0.4, -0.2) is 44.8 Å². The molecule has 0 aromatic heterocycles. The van der Waals surface area contributed by atoms with E-state index < -0.39 is 11.1 Å². The van der Waals surface area contributed by atoms with Crippen molar-refractivity contribution >= 4 is 16.9 Å². The van der Waals surface area contributed by atoms with Gasteiger partial charge in [-0.15, -0.1) is 0 Å². The maximum absolute atomic E-state index is 10.8. The molecule has 1 fully saturated rings. The fourth-order valence-electron chi connectivity index (χ4n) is 1.23. The van der Waals surface area contributed by atoms with E-state index in [0.717, 1.165) is 13.1 Å². The highest BCUT2D eigenvalue weighted by Gasteiger charge is 2.14. The lowest BCUT2D eigenvalue weighted by Crippen LogP contribution is -2.36. The molecule has 0 N–H and O–H groups in total. The number of hydrogen-bond acceptors (Lipinski definition) is 4. The second kappa shape index (κ2) is 4.69. The molecular formula is C7H12NO3S-. The molecule has 1 unspecified atom stereocenters. The summed E-state index contributed by atoms with van der Waals surface area (Å²) in [7, 11) is 0. The number of likely N-dealkylation sites (tertiary alicyclic amines) is 1. The number of carbonyl (C=O) groups excluding carboxylic acids is 1. The Morgan fingerprint density at radius 3 is 2.50 bits per heavy atom. The lowest BCUT2D eigenvalue weighted by Gasteiger charge is -2.25. The fourth-order valence-corrected chi connectivity index (χ4v) is 1.64. The summed E-state index contributed by atoms with van der Waals surface area (Å²) in [6, 6.07) is 0. The summed E-state index contributed by atoms with van der Waals surface area (Å²) >= 11 is -1.95. The average Bonchev–Trinajstić information content (AvgIpc) is 2.03. The van der Waals surface area contributed by atoms with Gasteiger partial charge in [0.15, 0.2) is 0 Å². The predicted octanol–water partition coefficient (Wildman–Crippen LogP) is -0.470. The average molecular weight is 190 g/mol. The molecule has 1 aliphatic rings. The molecule has 0 aliphatic carbocycles. The van der Waals surface area contributed by atoms with Crippen LogP contribution >= 0.6 is 0 Å². The van der Waals surface area contributed by atoms with Gasteiger partial charge in [0.25, 0.3) is 0 Å². The van der Waals surface area contributed by atoms with Crippen LogP contribution in [0.15, 0.2) is 0 Å². The molecule has 12 heavy (non-hydrogen) atoms. The Hall–Kier alpha value is -0.260. The number of Topliss-reactive ketones (excluding diaryl/α,β-unsaturated/α-hetero) is 1. The van der Waals surface area contributed by atoms with Crippen molar-refractivity contribution < 1.29 is 13.6 Å². The van der Waals surface area contributed by atoms with E-state index in [-0.39, 0.29) is 11.5 Å². The molecule has 0 radical (unpaired) electrons. The zero-order valence-corrected chi connectivity index (χ0v) is 7.64. The van der Waals surface area contributed by atoms with Gasteiger partial charge >= 0.3 is 0 Å². The number of nitrogens with zero attached hydrogens (tertiary/aromatic N) is 1. The van der Waals surface area contributed by atoms with Crippen LogP contribution in [0.5, 0.6) is 0 Å². The number of carbonyl (C=O) groups is 1. The summed E-state index contributed by atoms with van der Waals surface area (Å²) < 4.78 is 20.4. The van der Waals surface area contributed by atoms with Crippen LogP contribution in [0.1, 0.15) is 12.8 Å². The topological polar surface area (TPSA) is 60.4 Å². The number of rotatable bonds is 3. The Kier molecular flexibility index (Phi) is 3.84. The normalized spacial score (nSPS) is 22.6. The highest BCUT2D eigenvalue weighted by Crippen LogP contribution is 2.04. The molecule has 0 saturated carbocycles. The first-order chi connectivity index (χ1) is 5.68. The highest BCUT2D eigenvalue weighted by atomic mass is 32.2. The minimum absolute atomic E-state index is 0.175. The maximum atomic E-state index is 10.8. The van der Waals surface area contributed by atoms with Gasteiger partial charge in [0.1, 0.15) is 5.78 Å². The Balaban J connectivity index is 2.17. The third kappa shape index (κ3) is 3.42. The molecule has 0 aromatic carbocycles. The second-order valence-electron chi connectivity index (χ2n) is 2.89. The van der Waals surface area contributed by atoms with Crippen molar-refractivity contribution in [3.63, 3.8) is 0 Å². The summed E-state index contributed by atoms with van der Waals surface area (Å²) in [6.07, 6.45) is 1.15. The van der Waals surface area contributed by atoms with Crippen LogP contribution in [-0.2, 0) is 15.9 Å². The van der Waals surface area contributed by atoms with Gasteiger partial charge in [0.2, 0.25) is 0 Å². The van der Waals surface area contributed by atoms with Crippen LogP contribution in [0.25, 0.3) is 0 Å². The summed E-state index contributed by atoms with van der Waals surface area (Å²) in [5, 5.41) is 0. The first-order valence-corrected chi connectivity index (χ1v) is 5.23. The van der Waals surface area contributed by atoms with Crippen molar-refractivity contribution in [3.05, 3.63) is 0 Å². The van der Waals surface area contributed by atoms with Crippen LogP contribution in [0.3, 0.4) is 0 Å². The van der Waals surface area contributed by atoms with Crippen molar-refractivity contribution in [1.82, 2.24) is 4.90 Å². The Morgan fingerprint density at radius 2 is 2.00 bits per heavy atom. The molecule has 1 heterocycles. The van der Waals surface area contributed by atoms with E-state index in [1.165, 1.54) is 0 Å².